The predicted octanol–water partition coefficient (Wildman–Crippen LogP) is -0.458. The Bertz CT molecular complexity index is 772. The van der Waals surface area contributed by atoms with Gasteiger partial charge in [-0.05, 0) is 23.4 Å². The maximum absolute atomic E-state index is 12.0. The van der Waals surface area contributed by atoms with E-state index in [4.69, 9.17) is 11.6 Å². The molecule has 0 unspecified atom stereocenters. The monoisotopic (exact) mass is 329 g/mol. The van der Waals surface area contributed by atoms with E-state index in [-0.39, 0.29) is 21.4 Å². The van der Waals surface area contributed by atoms with Gasteiger partial charge in [-0.1, -0.05) is 16.7 Å². The summed E-state index contributed by atoms with van der Waals surface area (Å²) < 4.78 is 25.1. The van der Waals surface area contributed by atoms with E-state index in [2.05, 4.69) is 25.6 Å². The second kappa shape index (κ2) is 5.76. The number of aromatic nitrogens is 4. The van der Waals surface area contributed by atoms with Crippen molar-refractivity contribution < 1.29 is 13.5 Å². The fourth-order valence-electron chi connectivity index (χ4n) is 1.39. The highest BCUT2D eigenvalue weighted by molar-refractivity contribution is 7.89. The van der Waals surface area contributed by atoms with E-state index in [0.29, 0.717) is 0 Å². The number of halogens is 1. The molecule has 2 aromatic rings. The second-order valence-corrected chi connectivity index (χ2v) is 6.62. The van der Waals surface area contributed by atoms with E-state index >= 15 is 0 Å². The van der Waals surface area contributed by atoms with Gasteiger partial charge in [0, 0.05) is 30.6 Å². The molecule has 1 aromatic carbocycles. The molecule has 0 bridgehead atoms. The van der Waals surface area contributed by atoms with Crippen LogP contribution in [0, 0.1) is 0 Å². The third kappa shape index (κ3) is 3.17. The number of hydrogen-bond donors (Lipinski definition) is 1. The molecule has 2 rings (SSSR count). The van der Waals surface area contributed by atoms with Crippen molar-refractivity contribution in [1.29, 1.82) is 0 Å². The number of sulfonamides is 1. The number of benzene rings is 1. The van der Waals surface area contributed by atoms with Gasteiger partial charge in [-0.25, -0.2) is 17.7 Å². The van der Waals surface area contributed by atoms with E-state index in [1.54, 1.807) is 0 Å². The number of tetrazole rings is 1. The first-order chi connectivity index (χ1) is 9.82. The molecule has 21 heavy (non-hydrogen) atoms. The Hall–Kier alpha value is -2.04. The molecule has 1 N–H and O–H groups in total. The van der Waals surface area contributed by atoms with Crippen molar-refractivity contribution in [3.63, 3.8) is 0 Å². The van der Waals surface area contributed by atoms with Gasteiger partial charge in [-0.3, -0.25) is 0 Å². The first-order valence-electron chi connectivity index (χ1n) is 5.54. The zero-order chi connectivity index (χ0) is 15.6. The van der Waals surface area contributed by atoms with Crippen LogP contribution in [-0.4, -0.2) is 53.3 Å². The van der Waals surface area contributed by atoms with Gasteiger partial charge in [-0.2, -0.15) is 5.21 Å². The van der Waals surface area contributed by atoms with Crippen molar-refractivity contribution in [2.24, 2.45) is 4.99 Å². The average Bonchev–Trinajstić information content (AvgIpc) is 2.91. The number of H-pyrrole nitrogens is 1. The van der Waals surface area contributed by atoms with Crippen LogP contribution >= 0.6 is 11.6 Å². The third-order valence-corrected chi connectivity index (χ3v) is 4.62. The van der Waals surface area contributed by atoms with Crippen LogP contribution in [0.4, 0.5) is 5.95 Å². The predicted molar refractivity (Wildman–Crippen MR) is 72.7 cm³/mol. The van der Waals surface area contributed by atoms with Crippen molar-refractivity contribution in [3.05, 3.63) is 28.8 Å². The first-order valence-corrected chi connectivity index (χ1v) is 7.36. The molecule has 112 valence electrons. The largest absolute Gasteiger partial charge is 0.858 e. The van der Waals surface area contributed by atoms with Gasteiger partial charge in [0.2, 0.25) is 10.0 Å². The lowest BCUT2D eigenvalue weighted by molar-refractivity contribution is -0.212. The molecule has 0 saturated heterocycles. The Morgan fingerprint density at radius 2 is 2.14 bits per heavy atom. The lowest BCUT2D eigenvalue weighted by Gasteiger charge is -2.15. The third-order valence-electron chi connectivity index (χ3n) is 2.48. The highest BCUT2D eigenvalue weighted by Crippen LogP contribution is 2.22. The number of aromatic amines is 1. The summed E-state index contributed by atoms with van der Waals surface area (Å²) in [6.07, 6.45) is 0. The Labute approximate surface area is 125 Å². The molecule has 1 aromatic heterocycles. The zero-order valence-corrected chi connectivity index (χ0v) is 12.6. The molecule has 0 atom stereocenters. The van der Waals surface area contributed by atoms with Crippen LogP contribution < -0.4 is 5.11 Å². The molecule has 0 aliphatic rings. The van der Waals surface area contributed by atoms with Gasteiger partial charge in [0.15, 0.2) is 0 Å². The summed E-state index contributed by atoms with van der Waals surface area (Å²) in [6, 6.07) is 3.78. The molecule has 0 saturated carbocycles. The lowest BCUT2D eigenvalue weighted by atomic mass is 10.2. The summed E-state index contributed by atoms with van der Waals surface area (Å²) >= 11 is 5.91. The minimum absolute atomic E-state index is 0.0654. The van der Waals surface area contributed by atoms with Crippen molar-refractivity contribution in [2.45, 2.75) is 4.90 Å². The van der Waals surface area contributed by atoms with Gasteiger partial charge in [-0.15, -0.1) is 5.10 Å². The maximum Gasteiger partial charge on any atom is 0.288 e. The quantitative estimate of drug-likeness (QED) is 0.597. The maximum atomic E-state index is 12.0. The summed E-state index contributed by atoms with van der Waals surface area (Å²) in [5, 5.41) is 24.5. The van der Waals surface area contributed by atoms with Crippen LogP contribution in [0.2, 0.25) is 5.02 Å². The van der Waals surface area contributed by atoms with Crippen molar-refractivity contribution in [3.8, 4) is 0 Å². The Balaban J connectivity index is 2.50. The van der Waals surface area contributed by atoms with Crippen LogP contribution in [0.5, 0.6) is 0 Å². The number of aliphatic imine (C=N–C) groups is 1. The molecule has 0 amide bonds. The van der Waals surface area contributed by atoms with Gasteiger partial charge >= 0.3 is 0 Å². The second-order valence-electron chi connectivity index (χ2n) is 4.06. The van der Waals surface area contributed by atoms with Crippen molar-refractivity contribution in [2.75, 3.05) is 14.1 Å². The first kappa shape index (κ1) is 15.4. The number of hydrogen-bond acceptors (Lipinski definition) is 7. The standard InChI is InChI=1S/C10H11ClN6O3S/c1-17(2)21(19,20)6-3-4-8(11)7(5-6)9(18)12-10-13-15-16-14-10/h3-5H,1-2H3,(H2,12,13,14,15,16,18)/p-1. The van der Waals surface area contributed by atoms with E-state index in [9.17, 15) is 13.5 Å². The van der Waals surface area contributed by atoms with Crippen LogP contribution in [0.25, 0.3) is 0 Å². The molecular formula is C10H10ClN6O3S-. The fourth-order valence-corrected chi connectivity index (χ4v) is 2.52. The minimum Gasteiger partial charge on any atom is -0.858 e. The van der Waals surface area contributed by atoms with E-state index in [0.717, 1.165) is 10.4 Å². The van der Waals surface area contributed by atoms with E-state index in [1.165, 1.54) is 26.2 Å². The Kier molecular flexibility index (Phi) is 4.21. The molecule has 11 heteroatoms. The average molecular weight is 330 g/mol. The Morgan fingerprint density at radius 1 is 1.43 bits per heavy atom. The van der Waals surface area contributed by atoms with Crippen molar-refractivity contribution >= 4 is 33.5 Å². The molecule has 9 nitrogen and oxygen atoms in total. The fraction of sp³-hybridized carbons (Fsp3) is 0.200. The number of rotatable bonds is 4. The zero-order valence-electron chi connectivity index (χ0n) is 11.0. The smallest absolute Gasteiger partial charge is 0.288 e. The van der Waals surface area contributed by atoms with Crippen LogP contribution in [0.15, 0.2) is 28.1 Å². The highest BCUT2D eigenvalue weighted by Gasteiger charge is 2.18. The summed E-state index contributed by atoms with van der Waals surface area (Å²) in [6.45, 7) is 0. The molecule has 0 aliphatic carbocycles. The minimum atomic E-state index is -3.68. The summed E-state index contributed by atoms with van der Waals surface area (Å²) in [5.41, 5.74) is -0.0654. The summed E-state index contributed by atoms with van der Waals surface area (Å²) in [7, 11) is -0.913. The normalized spacial score (nSPS) is 12.9. The van der Waals surface area contributed by atoms with Gasteiger partial charge in [0.05, 0.1) is 4.90 Å². The van der Waals surface area contributed by atoms with Crippen LogP contribution in [0.1, 0.15) is 5.56 Å². The molecule has 0 spiro atoms. The summed E-state index contributed by atoms with van der Waals surface area (Å²) in [5.74, 6) is -0.936. The topological polar surface area (TPSA) is 127 Å². The Morgan fingerprint density at radius 3 is 2.71 bits per heavy atom. The number of nitrogens with one attached hydrogen (secondary N) is 1. The molecule has 0 radical (unpaired) electrons. The molecule has 1 heterocycles. The number of nitrogens with zero attached hydrogens (tertiary/aromatic N) is 5. The molecule has 0 aliphatic heterocycles. The van der Waals surface area contributed by atoms with Gasteiger partial charge < -0.3 is 5.11 Å². The van der Waals surface area contributed by atoms with Gasteiger partial charge in [0.1, 0.15) is 0 Å². The summed E-state index contributed by atoms with van der Waals surface area (Å²) in [4.78, 5) is 3.50. The van der Waals surface area contributed by atoms with Gasteiger partial charge in [0.25, 0.3) is 5.95 Å². The SMILES string of the molecule is CN(C)S(=O)(=O)c1ccc(Cl)c(C([O-])=Nc2nn[nH]n2)c1. The van der Waals surface area contributed by atoms with Crippen LogP contribution in [-0.2, 0) is 10.0 Å². The molecule has 0 fully saturated rings. The van der Waals surface area contributed by atoms with E-state index < -0.39 is 15.9 Å². The highest BCUT2D eigenvalue weighted by atomic mass is 35.5. The van der Waals surface area contributed by atoms with Crippen molar-refractivity contribution in [1.82, 2.24) is 24.9 Å². The molecular weight excluding hydrogens is 320 g/mol. The van der Waals surface area contributed by atoms with E-state index in [1.807, 2.05) is 0 Å². The van der Waals surface area contributed by atoms with Crippen LogP contribution in [0.3, 0.4) is 0 Å². The lowest BCUT2D eigenvalue weighted by Crippen LogP contribution is -2.24.